The van der Waals surface area contributed by atoms with Gasteiger partial charge in [0.25, 0.3) is 5.69 Å². The number of carbonyl (C=O) groups is 2. The first kappa shape index (κ1) is 15.2. The van der Waals surface area contributed by atoms with E-state index in [1.807, 2.05) is 12.2 Å². The van der Waals surface area contributed by atoms with Crippen LogP contribution in [0, 0.1) is 33.8 Å². The Bertz CT molecular complexity index is 680. The molecule has 23 heavy (non-hydrogen) atoms. The van der Waals surface area contributed by atoms with Crippen LogP contribution in [0.5, 0.6) is 0 Å². The minimum Gasteiger partial charge on any atom is -0.481 e. The molecule has 0 heterocycles. The second-order valence-electron chi connectivity index (χ2n) is 5.87. The number of esters is 1. The van der Waals surface area contributed by atoms with Crippen molar-refractivity contribution in [3.8, 4) is 0 Å². The zero-order valence-electron chi connectivity index (χ0n) is 12.1. The number of carboxylic acids is 1. The molecule has 1 aromatic rings. The van der Waals surface area contributed by atoms with Gasteiger partial charge in [0.05, 0.1) is 16.8 Å². The number of hydrogen-bond donors (Lipinski definition) is 1. The van der Waals surface area contributed by atoms with Gasteiger partial charge in [-0.3, -0.25) is 19.7 Å². The lowest BCUT2D eigenvalue weighted by atomic mass is 9.83. The molecule has 0 aromatic heterocycles. The van der Waals surface area contributed by atoms with E-state index in [0.717, 1.165) is 0 Å². The van der Waals surface area contributed by atoms with Gasteiger partial charge in [-0.25, -0.2) is 0 Å². The van der Waals surface area contributed by atoms with Crippen LogP contribution in [0.1, 0.15) is 12.0 Å². The zero-order chi connectivity index (χ0) is 16.6. The summed E-state index contributed by atoms with van der Waals surface area (Å²) in [5.41, 5.74) is 0.582. The van der Waals surface area contributed by atoms with E-state index in [-0.39, 0.29) is 24.1 Å². The van der Waals surface area contributed by atoms with Gasteiger partial charge in [0, 0.05) is 12.1 Å². The van der Waals surface area contributed by atoms with E-state index in [2.05, 4.69) is 0 Å². The van der Waals surface area contributed by atoms with E-state index in [4.69, 9.17) is 4.74 Å². The molecule has 1 aromatic carbocycles. The Morgan fingerprint density at radius 3 is 2.35 bits per heavy atom. The first-order chi connectivity index (χ1) is 11.0. The number of allylic oxidation sites excluding steroid dienone is 2. The molecule has 0 saturated heterocycles. The molecule has 4 atom stereocenters. The standard InChI is InChI=1S/C16H15NO6/c18-15(19)13-10-3-4-11(7-10)14(13)16(20)23-8-9-1-5-12(6-2-9)17(21)22/h1-6,10-11,13-14H,7-8H2,(H,18,19)/t10-,11-,13+,14+/m0/s1. The minimum atomic E-state index is -0.973. The molecule has 1 N–H and O–H groups in total. The van der Waals surface area contributed by atoms with Gasteiger partial charge in [-0.15, -0.1) is 0 Å². The third kappa shape index (κ3) is 2.81. The van der Waals surface area contributed by atoms with Crippen molar-refractivity contribution in [3.63, 3.8) is 0 Å². The second-order valence-corrected chi connectivity index (χ2v) is 5.87. The lowest BCUT2D eigenvalue weighted by Crippen LogP contribution is -2.34. The van der Waals surface area contributed by atoms with E-state index in [9.17, 15) is 24.8 Å². The highest BCUT2D eigenvalue weighted by molar-refractivity contribution is 5.83. The monoisotopic (exact) mass is 317 g/mol. The predicted octanol–water partition coefficient (Wildman–Crippen LogP) is 2.16. The van der Waals surface area contributed by atoms with Crippen LogP contribution in [0.15, 0.2) is 36.4 Å². The Morgan fingerprint density at radius 1 is 1.17 bits per heavy atom. The number of nitro groups is 1. The average Bonchev–Trinajstić information content (AvgIpc) is 3.13. The molecule has 2 bridgehead atoms. The highest BCUT2D eigenvalue weighted by Gasteiger charge is 2.52. The quantitative estimate of drug-likeness (QED) is 0.386. The summed E-state index contributed by atoms with van der Waals surface area (Å²) in [5, 5.41) is 19.9. The molecule has 120 valence electrons. The van der Waals surface area contributed by atoms with Crippen molar-refractivity contribution >= 4 is 17.6 Å². The van der Waals surface area contributed by atoms with E-state index < -0.39 is 28.7 Å². The summed E-state index contributed by atoms with van der Waals surface area (Å²) in [7, 11) is 0. The van der Waals surface area contributed by atoms with Crippen LogP contribution in [0.4, 0.5) is 5.69 Å². The lowest BCUT2D eigenvalue weighted by molar-refractivity contribution is -0.384. The Morgan fingerprint density at radius 2 is 1.78 bits per heavy atom. The summed E-state index contributed by atoms with van der Waals surface area (Å²) in [5.74, 6) is -3.05. The fraction of sp³-hybridized carbons (Fsp3) is 0.375. The summed E-state index contributed by atoms with van der Waals surface area (Å²) < 4.78 is 5.24. The third-order valence-electron chi connectivity index (χ3n) is 4.54. The Kier molecular flexibility index (Phi) is 3.85. The predicted molar refractivity (Wildman–Crippen MR) is 78.2 cm³/mol. The maximum atomic E-state index is 12.3. The number of non-ortho nitro benzene ring substituents is 1. The summed E-state index contributed by atoms with van der Waals surface area (Å²) in [6, 6.07) is 5.70. The van der Waals surface area contributed by atoms with Crippen molar-refractivity contribution < 1.29 is 24.4 Å². The number of rotatable bonds is 5. The van der Waals surface area contributed by atoms with Crippen molar-refractivity contribution in [2.24, 2.45) is 23.7 Å². The van der Waals surface area contributed by atoms with Crippen molar-refractivity contribution in [2.45, 2.75) is 13.0 Å². The Balaban J connectivity index is 1.64. The van der Waals surface area contributed by atoms with E-state index >= 15 is 0 Å². The molecule has 2 aliphatic rings. The number of fused-ring (bicyclic) bond motifs is 2. The van der Waals surface area contributed by atoms with Gasteiger partial charge in [-0.2, -0.15) is 0 Å². The van der Waals surface area contributed by atoms with Crippen molar-refractivity contribution in [2.75, 3.05) is 0 Å². The topological polar surface area (TPSA) is 107 Å². The molecule has 0 amide bonds. The average molecular weight is 317 g/mol. The van der Waals surface area contributed by atoms with E-state index in [0.29, 0.717) is 12.0 Å². The summed E-state index contributed by atoms with van der Waals surface area (Å²) in [6.45, 7) is -0.0270. The van der Waals surface area contributed by atoms with Crippen LogP contribution in [-0.4, -0.2) is 22.0 Å². The number of carboxylic acid groups (broad SMARTS) is 1. The number of aliphatic carboxylic acids is 1. The molecule has 0 radical (unpaired) electrons. The molecule has 0 aliphatic heterocycles. The maximum Gasteiger partial charge on any atom is 0.310 e. The molecular weight excluding hydrogens is 302 g/mol. The van der Waals surface area contributed by atoms with Gasteiger partial charge in [0.1, 0.15) is 6.61 Å². The first-order valence-corrected chi connectivity index (χ1v) is 7.28. The van der Waals surface area contributed by atoms with Crippen molar-refractivity contribution in [1.29, 1.82) is 0 Å². The van der Waals surface area contributed by atoms with E-state index in [1.54, 1.807) is 0 Å². The fourth-order valence-electron chi connectivity index (χ4n) is 3.44. The van der Waals surface area contributed by atoms with Crippen molar-refractivity contribution in [1.82, 2.24) is 0 Å². The number of hydrogen-bond acceptors (Lipinski definition) is 5. The molecule has 2 aliphatic carbocycles. The molecular formula is C16H15NO6. The zero-order valence-corrected chi connectivity index (χ0v) is 12.1. The third-order valence-corrected chi connectivity index (χ3v) is 4.54. The van der Waals surface area contributed by atoms with Gasteiger partial charge in [0.15, 0.2) is 0 Å². The number of ether oxygens (including phenoxy) is 1. The minimum absolute atomic E-state index is 0.0270. The van der Waals surface area contributed by atoms with Crippen molar-refractivity contribution in [3.05, 3.63) is 52.1 Å². The number of nitro benzene ring substituents is 1. The first-order valence-electron chi connectivity index (χ1n) is 7.28. The molecule has 7 nitrogen and oxygen atoms in total. The lowest BCUT2D eigenvalue weighted by Gasteiger charge is -2.23. The summed E-state index contributed by atoms with van der Waals surface area (Å²) in [4.78, 5) is 33.7. The van der Waals surface area contributed by atoms with Gasteiger partial charge in [-0.1, -0.05) is 12.2 Å². The molecule has 7 heteroatoms. The fourth-order valence-corrected chi connectivity index (χ4v) is 3.44. The number of benzene rings is 1. The highest BCUT2D eigenvalue weighted by Crippen LogP contribution is 2.48. The van der Waals surface area contributed by atoms with Gasteiger partial charge in [0.2, 0.25) is 0 Å². The molecule has 3 rings (SSSR count). The smallest absolute Gasteiger partial charge is 0.310 e. The summed E-state index contributed by atoms with van der Waals surface area (Å²) >= 11 is 0. The van der Waals surface area contributed by atoms with E-state index in [1.165, 1.54) is 24.3 Å². The van der Waals surface area contributed by atoms with Crippen LogP contribution in [0.2, 0.25) is 0 Å². The molecule has 1 fully saturated rings. The molecule has 1 saturated carbocycles. The number of nitrogens with zero attached hydrogens (tertiary/aromatic N) is 1. The second kappa shape index (κ2) is 5.83. The van der Waals surface area contributed by atoms with Gasteiger partial charge >= 0.3 is 11.9 Å². The summed E-state index contributed by atoms with van der Waals surface area (Å²) in [6.07, 6.45) is 4.43. The van der Waals surface area contributed by atoms with Gasteiger partial charge in [-0.05, 0) is 36.0 Å². The normalized spacial score (nSPS) is 27.8. The Labute approximate surface area is 131 Å². The molecule has 0 spiro atoms. The largest absolute Gasteiger partial charge is 0.481 e. The highest BCUT2D eigenvalue weighted by atomic mass is 16.6. The van der Waals surface area contributed by atoms with Gasteiger partial charge < -0.3 is 9.84 Å². The van der Waals surface area contributed by atoms with Crippen LogP contribution in [0.3, 0.4) is 0 Å². The van der Waals surface area contributed by atoms with Crippen LogP contribution in [0.25, 0.3) is 0 Å². The SMILES string of the molecule is O=C(O)[C@H]1[C@H](C(=O)OCc2ccc([N+](=O)[O-])cc2)[C@H]2C=C[C@H]1C2. The number of carbonyl (C=O) groups excluding carboxylic acids is 1. The Hall–Kier alpha value is -2.70. The van der Waals surface area contributed by atoms with Crippen LogP contribution >= 0.6 is 0 Å². The maximum absolute atomic E-state index is 12.3. The van der Waals surface area contributed by atoms with Crippen LogP contribution in [-0.2, 0) is 20.9 Å². The molecule has 0 unspecified atom stereocenters. The van der Waals surface area contributed by atoms with Crippen LogP contribution < -0.4 is 0 Å².